The van der Waals surface area contributed by atoms with E-state index < -0.39 is 0 Å². The number of carbonyl (C=O) groups excluding carboxylic acids is 1. The first-order chi connectivity index (χ1) is 14.6. The van der Waals surface area contributed by atoms with Gasteiger partial charge in [-0.1, -0.05) is 30.3 Å². The predicted molar refractivity (Wildman–Crippen MR) is 119 cm³/mol. The van der Waals surface area contributed by atoms with Crippen molar-refractivity contribution in [1.82, 2.24) is 19.7 Å². The van der Waals surface area contributed by atoms with Gasteiger partial charge in [-0.25, -0.2) is 0 Å². The van der Waals surface area contributed by atoms with Gasteiger partial charge in [-0.15, -0.1) is 0 Å². The lowest BCUT2D eigenvalue weighted by atomic mass is 9.90. The number of carbonyl (C=O) groups is 1. The Hall–Kier alpha value is -2.93. The third kappa shape index (κ3) is 4.62. The van der Waals surface area contributed by atoms with E-state index in [4.69, 9.17) is 17.0 Å². The Labute approximate surface area is 181 Å². The number of benzene rings is 2. The number of H-pyrrole nitrogens is 1. The zero-order chi connectivity index (χ0) is 20.9. The Bertz CT molecular complexity index is 1040. The fraction of sp³-hybridized carbons (Fsp3) is 0.348. The molecule has 2 heterocycles. The van der Waals surface area contributed by atoms with Crippen LogP contribution in [0.15, 0.2) is 54.6 Å². The maximum Gasteiger partial charge on any atom is 0.242 e. The molecule has 1 fully saturated rings. The molecule has 0 atom stereocenters. The third-order valence-electron chi connectivity index (χ3n) is 5.73. The van der Waals surface area contributed by atoms with Gasteiger partial charge in [0.2, 0.25) is 5.91 Å². The summed E-state index contributed by atoms with van der Waals surface area (Å²) < 4.78 is 7.44. The molecule has 0 unspecified atom stereocenters. The van der Waals surface area contributed by atoms with Gasteiger partial charge in [-0.05, 0) is 67.2 Å². The third-order valence-corrected chi connectivity index (χ3v) is 6.05. The standard InChI is InChI=1S/C23H26N4O2S/c1-29-20-9-7-19(8-10-20)22-24-25-23(30)27(22)16-21(28)26-13-11-18(12-14-26)15-17-5-3-2-4-6-17/h2-10,18H,11-16H2,1H3,(H,25,30). The highest BCUT2D eigenvalue weighted by atomic mass is 32.1. The smallest absolute Gasteiger partial charge is 0.242 e. The summed E-state index contributed by atoms with van der Waals surface area (Å²) in [5.41, 5.74) is 2.26. The Balaban J connectivity index is 1.39. The molecule has 7 heteroatoms. The fourth-order valence-corrected chi connectivity index (χ4v) is 4.19. The van der Waals surface area contributed by atoms with Crippen LogP contribution in [0.25, 0.3) is 11.4 Å². The highest BCUT2D eigenvalue weighted by Gasteiger charge is 2.24. The second-order valence-corrected chi connectivity index (χ2v) is 8.07. The number of rotatable bonds is 6. The topological polar surface area (TPSA) is 63.1 Å². The van der Waals surface area contributed by atoms with Gasteiger partial charge in [0.1, 0.15) is 12.3 Å². The molecule has 3 aromatic rings. The first-order valence-electron chi connectivity index (χ1n) is 10.3. The normalized spacial score (nSPS) is 14.6. The summed E-state index contributed by atoms with van der Waals surface area (Å²) in [6.45, 7) is 1.78. The van der Waals surface area contributed by atoms with Crippen LogP contribution < -0.4 is 4.74 Å². The summed E-state index contributed by atoms with van der Waals surface area (Å²) in [5, 5.41) is 7.15. The molecule has 4 rings (SSSR count). The van der Waals surface area contributed by atoms with E-state index in [0.717, 1.165) is 43.7 Å². The minimum atomic E-state index is 0.0837. The number of methoxy groups -OCH3 is 1. The largest absolute Gasteiger partial charge is 0.497 e. The lowest BCUT2D eigenvalue weighted by molar-refractivity contribution is -0.133. The number of hydrogen-bond donors (Lipinski definition) is 1. The molecule has 0 radical (unpaired) electrons. The Morgan fingerprint density at radius 3 is 2.50 bits per heavy atom. The number of nitrogens with zero attached hydrogens (tertiary/aromatic N) is 3. The van der Waals surface area contributed by atoms with Crippen LogP contribution in [0.2, 0.25) is 0 Å². The molecule has 0 saturated carbocycles. The van der Waals surface area contributed by atoms with Gasteiger partial charge in [0.15, 0.2) is 10.6 Å². The van der Waals surface area contributed by atoms with Crippen molar-refractivity contribution in [3.8, 4) is 17.1 Å². The van der Waals surface area contributed by atoms with Crippen LogP contribution in [0, 0.1) is 10.7 Å². The van der Waals surface area contributed by atoms with E-state index in [-0.39, 0.29) is 12.5 Å². The molecular formula is C23H26N4O2S. The van der Waals surface area contributed by atoms with Crippen molar-refractivity contribution >= 4 is 18.1 Å². The van der Waals surface area contributed by atoms with Gasteiger partial charge in [0, 0.05) is 18.7 Å². The summed E-state index contributed by atoms with van der Waals surface area (Å²) >= 11 is 5.38. The van der Waals surface area contributed by atoms with E-state index in [1.54, 1.807) is 11.7 Å². The average molecular weight is 423 g/mol. The van der Waals surface area contributed by atoms with E-state index in [1.165, 1.54) is 5.56 Å². The molecule has 0 bridgehead atoms. The SMILES string of the molecule is COc1ccc(-c2n[nH]c(=S)n2CC(=O)N2CCC(Cc3ccccc3)CC2)cc1. The molecule has 2 aromatic carbocycles. The Morgan fingerprint density at radius 2 is 1.83 bits per heavy atom. The van der Waals surface area contributed by atoms with Gasteiger partial charge >= 0.3 is 0 Å². The van der Waals surface area contributed by atoms with Gasteiger partial charge in [0.05, 0.1) is 7.11 Å². The van der Waals surface area contributed by atoms with Crippen LogP contribution in [0.3, 0.4) is 0 Å². The van der Waals surface area contributed by atoms with Crippen molar-refractivity contribution in [3.05, 3.63) is 64.9 Å². The van der Waals surface area contributed by atoms with Crippen LogP contribution in [0.4, 0.5) is 0 Å². The minimum Gasteiger partial charge on any atom is -0.497 e. The summed E-state index contributed by atoms with van der Waals surface area (Å²) in [7, 11) is 1.63. The second kappa shape index (κ2) is 9.26. The predicted octanol–water partition coefficient (Wildman–Crippen LogP) is 4.10. The average Bonchev–Trinajstić information content (AvgIpc) is 3.15. The number of nitrogens with one attached hydrogen (secondary N) is 1. The lowest BCUT2D eigenvalue weighted by Crippen LogP contribution is -2.40. The summed E-state index contributed by atoms with van der Waals surface area (Å²) in [6.07, 6.45) is 3.14. The number of piperidine rings is 1. The van der Waals surface area contributed by atoms with Crippen molar-refractivity contribution in [1.29, 1.82) is 0 Å². The summed E-state index contributed by atoms with van der Waals surface area (Å²) in [4.78, 5) is 14.9. The first-order valence-corrected chi connectivity index (χ1v) is 10.7. The minimum absolute atomic E-state index is 0.0837. The number of amides is 1. The van der Waals surface area contributed by atoms with E-state index in [0.29, 0.717) is 16.5 Å². The molecule has 0 spiro atoms. The quantitative estimate of drug-likeness (QED) is 0.608. The molecule has 6 nitrogen and oxygen atoms in total. The number of aromatic amines is 1. The van der Waals surface area contributed by atoms with Gasteiger partial charge < -0.3 is 9.64 Å². The van der Waals surface area contributed by atoms with Crippen LogP contribution in [-0.2, 0) is 17.8 Å². The highest BCUT2D eigenvalue weighted by molar-refractivity contribution is 7.71. The number of likely N-dealkylation sites (tertiary alicyclic amines) is 1. The van der Waals surface area contributed by atoms with E-state index >= 15 is 0 Å². The van der Waals surface area contributed by atoms with E-state index in [2.05, 4.69) is 34.5 Å². The first kappa shape index (κ1) is 20.3. The molecule has 1 saturated heterocycles. The molecule has 1 aliphatic rings. The number of ether oxygens (including phenoxy) is 1. The Kier molecular flexibility index (Phi) is 6.28. The van der Waals surface area contributed by atoms with Crippen LogP contribution in [0.1, 0.15) is 18.4 Å². The zero-order valence-electron chi connectivity index (χ0n) is 17.1. The van der Waals surface area contributed by atoms with E-state index in [9.17, 15) is 4.79 Å². The van der Waals surface area contributed by atoms with Gasteiger partial charge in [-0.2, -0.15) is 5.10 Å². The van der Waals surface area contributed by atoms with Crippen LogP contribution in [0.5, 0.6) is 5.75 Å². The highest BCUT2D eigenvalue weighted by Crippen LogP contribution is 2.23. The maximum atomic E-state index is 13.0. The van der Waals surface area contributed by atoms with Crippen molar-refractivity contribution in [2.75, 3.05) is 20.2 Å². The number of hydrogen-bond acceptors (Lipinski definition) is 4. The second-order valence-electron chi connectivity index (χ2n) is 7.68. The summed E-state index contributed by atoms with van der Waals surface area (Å²) in [5.74, 6) is 2.15. The van der Waals surface area contributed by atoms with Crippen molar-refractivity contribution in [2.24, 2.45) is 5.92 Å². The molecule has 30 heavy (non-hydrogen) atoms. The van der Waals surface area contributed by atoms with Gasteiger partial charge in [-0.3, -0.25) is 14.5 Å². The molecular weight excluding hydrogens is 396 g/mol. The van der Waals surface area contributed by atoms with Crippen molar-refractivity contribution in [3.63, 3.8) is 0 Å². The Morgan fingerprint density at radius 1 is 1.13 bits per heavy atom. The molecule has 156 valence electrons. The van der Waals surface area contributed by atoms with Crippen molar-refractivity contribution < 1.29 is 9.53 Å². The lowest BCUT2D eigenvalue weighted by Gasteiger charge is -2.32. The maximum absolute atomic E-state index is 13.0. The molecule has 1 N–H and O–H groups in total. The molecule has 1 aromatic heterocycles. The monoisotopic (exact) mass is 422 g/mol. The van der Waals surface area contributed by atoms with Crippen LogP contribution >= 0.6 is 12.2 Å². The van der Waals surface area contributed by atoms with Crippen LogP contribution in [-0.4, -0.2) is 45.8 Å². The summed E-state index contributed by atoms with van der Waals surface area (Å²) in [6, 6.07) is 18.2. The fourth-order valence-electron chi connectivity index (χ4n) is 3.99. The zero-order valence-corrected chi connectivity index (χ0v) is 17.9. The molecule has 1 amide bonds. The van der Waals surface area contributed by atoms with Gasteiger partial charge in [0.25, 0.3) is 0 Å². The number of aromatic nitrogens is 3. The molecule has 1 aliphatic heterocycles. The van der Waals surface area contributed by atoms with E-state index in [1.807, 2.05) is 35.2 Å². The molecule has 0 aliphatic carbocycles. The van der Waals surface area contributed by atoms with Crippen molar-refractivity contribution in [2.45, 2.75) is 25.8 Å².